The van der Waals surface area contributed by atoms with E-state index in [0.717, 1.165) is 10.4 Å². The molecule has 2 aromatic carbocycles. The van der Waals surface area contributed by atoms with E-state index < -0.39 is 22.0 Å². The molecule has 0 aliphatic carbocycles. The van der Waals surface area contributed by atoms with Gasteiger partial charge in [0.05, 0.1) is 10.9 Å². The standard InChI is InChI=1S/C20H19FN2O3S2/c1-2-22-28(25,26)17-6-3-5-15(13-17)20(24)23-19(18-7-4-12-27-18)14-8-10-16(21)11-9-14/h3-13,19,22H,2H2,1H3,(H,23,24). The molecule has 0 bridgehead atoms. The molecule has 0 fully saturated rings. The van der Waals surface area contributed by atoms with Crippen LogP contribution < -0.4 is 10.0 Å². The van der Waals surface area contributed by atoms with E-state index in [1.54, 1.807) is 25.1 Å². The molecule has 1 atom stereocenters. The van der Waals surface area contributed by atoms with Crippen LogP contribution in [0.2, 0.25) is 0 Å². The van der Waals surface area contributed by atoms with Crippen molar-refractivity contribution in [1.82, 2.24) is 10.0 Å². The van der Waals surface area contributed by atoms with Crippen LogP contribution in [0.3, 0.4) is 0 Å². The van der Waals surface area contributed by atoms with E-state index in [4.69, 9.17) is 0 Å². The number of hydrogen-bond donors (Lipinski definition) is 2. The topological polar surface area (TPSA) is 75.3 Å². The third-order valence-corrected chi connectivity index (χ3v) is 6.53. The van der Waals surface area contributed by atoms with Crippen LogP contribution in [0.25, 0.3) is 0 Å². The Kier molecular flexibility index (Phi) is 6.23. The lowest BCUT2D eigenvalue weighted by atomic mass is 10.0. The maximum absolute atomic E-state index is 13.3. The fourth-order valence-electron chi connectivity index (χ4n) is 2.72. The number of thiophene rings is 1. The first-order valence-electron chi connectivity index (χ1n) is 8.60. The first-order valence-corrected chi connectivity index (χ1v) is 11.0. The summed E-state index contributed by atoms with van der Waals surface area (Å²) in [6.45, 7) is 1.94. The lowest BCUT2D eigenvalue weighted by molar-refractivity contribution is 0.0943. The number of amides is 1. The number of nitrogens with one attached hydrogen (secondary N) is 2. The minimum Gasteiger partial charge on any atom is -0.340 e. The Labute approximate surface area is 167 Å². The molecule has 2 N–H and O–H groups in total. The van der Waals surface area contributed by atoms with Gasteiger partial charge in [0, 0.05) is 17.0 Å². The average molecular weight is 419 g/mol. The fourth-order valence-corrected chi connectivity index (χ4v) is 4.61. The molecule has 1 heterocycles. The highest BCUT2D eigenvalue weighted by molar-refractivity contribution is 7.89. The maximum Gasteiger partial charge on any atom is 0.252 e. The van der Waals surface area contributed by atoms with Crippen molar-refractivity contribution in [2.24, 2.45) is 0 Å². The summed E-state index contributed by atoms with van der Waals surface area (Å²) in [5, 5.41) is 4.81. The number of halogens is 1. The first kappa shape index (κ1) is 20.2. The molecule has 28 heavy (non-hydrogen) atoms. The second-order valence-corrected chi connectivity index (χ2v) is 8.75. The molecule has 1 amide bonds. The van der Waals surface area contributed by atoms with Crippen LogP contribution >= 0.6 is 11.3 Å². The van der Waals surface area contributed by atoms with Crippen LogP contribution in [0.4, 0.5) is 4.39 Å². The Morgan fingerprint density at radius 1 is 1.11 bits per heavy atom. The van der Waals surface area contributed by atoms with Gasteiger partial charge in [0.2, 0.25) is 10.0 Å². The molecular weight excluding hydrogens is 399 g/mol. The fraction of sp³-hybridized carbons (Fsp3) is 0.150. The van der Waals surface area contributed by atoms with Gasteiger partial charge in [-0.15, -0.1) is 11.3 Å². The summed E-state index contributed by atoms with van der Waals surface area (Å²) >= 11 is 1.47. The third kappa shape index (κ3) is 4.64. The third-order valence-electron chi connectivity index (χ3n) is 4.05. The Morgan fingerprint density at radius 3 is 2.50 bits per heavy atom. The summed E-state index contributed by atoms with van der Waals surface area (Å²) in [5.74, 6) is -0.780. The van der Waals surface area contributed by atoms with Gasteiger partial charge in [0.1, 0.15) is 5.82 Å². The minimum atomic E-state index is -3.66. The molecule has 3 aromatic rings. The molecule has 0 saturated heterocycles. The zero-order chi connectivity index (χ0) is 20.1. The lowest BCUT2D eigenvalue weighted by Crippen LogP contribution is -2.29. The van der Waals surface area contributed by atoms with Crippen LogP contribution in [0.15, 0.2) is 70.9 Å². The van der Waals surface area contributed by atoms with Gasteiger partial charge in [-0.25, -0.2) is 17.5 Å². The summed E-state index contributed by atoms with van der Waals surface area (Å²) in [5.41, 5.74) is 0.955. The van der Waals surface area contributed by atoms with Crippen molar-refractivity contribution in [2.75, 3.05) is 6.54 Å². The number of hydrogen-bond acceptors (Lipinski definition) is 4. The molecule has 0 aliphatic rings. The highest BCUT2D eigenvalue weighted by atomic mass is 32.2. The Bertz CT molecular complexity index is 1050. The molecule has 1 unspecified atom stereocenters. The molecule has 5 nitrogen and oxygen atoms in total. The smallest absolute Gasteiger partial charge is 0.252 e. The molecule has 3 rings (SSSR count). The van der Waals surface area contributed by atoms with Crippen LogP contribution in [0.5, 0.6) is 0 Å². The largest absolute Gasteiger partial charge is 0.340 e. The molecule has 0 aliphatic heterocycles. The van der Waals surface area contributed by atoms with Crippen molar-refractivity contribution >= 4 is 27.3 Å². The zero-order valence-electron chi connectivity index (χ0n) is 15.1. The second-order valence-electron chi connectivity index (χ2n) is 6.00. The summed E-state index contributed by atoms with van der Waals surface area (Å²) in [6.07, 6.45) is 0. The van der Waals surface area contributed by atoms with Crippen LogP contribution in [-0.4, -0.2) is 20.9 Å². The van der Waals surface area contributed by atoms with E-state index in [1.807, 2.05) is 17.5 Å². The van der Waals surface area contributed by atoms with Crippen molar-refractivity contribution in [3.8, 4) is 0 Å². The highest BCUT2D eigenvalue weighted by Crippen LogP contribution is 2.27. The highest BCUT2D eigenvalue weighted by Gasteiger charge is 2.20. The zero-order valence-corrected chi connectivity index (χ0v) is 16.7. The van der Waals surface area contributed by atoms with Gasteiger partial charge in [-0.1, -0.05) is 31.2 Å². The van der Waals surface area contributed by atoms with Crippen molar-refractivity contribution < 1.29 is 17.6 Å². The predicted molar refractivity (Wildman–Crippen MR) is 107 cm³/mol. The molecule has 146 valence electrons. The Balaban J connectivity index is 1.90. The van der Waals surface area contributed by atoms with Crippen molar-refractivity contribution in [2.45, 2.75) is 17.9 Å². The number of carbonyl (C=O) groups is 1. The molecular formula is C20H19FN2O3S2. The van der Waals surface area contributed by atoms with Crippen LogP contribution in [-0.2, 0) is 10.0 Å². The normalized spacial score (nSPS) is 12.5. The van der Waals surface area contributed by atoms with E-state index >= 15 is 0 Å². The number of carbonyl (C=O) groups excluding carboxylic acids is 1. The van der Waals surface area contributed by atoms with Gasteiger partial charge in [-0.2, -0.15) is 0 Å². The summed E-state index contributed by atoms with van der Waals surface area (Å²) in [6, 6.07) is 15.0. The summed E-state index contributed by atoms with van der Waals surface area (Å²) in [7, 11) is -3.66. The average Bonchev–Trinajstić information content (AvgIpc) is 3.21. The summed E-state index contributed by atoms with van der Waals surface area (Å²) < 4.78 is 40.1. The van der Waals surface area contributed by atoms with E-state index in [-0.39, 0.29) is 22.8 Å². The Morgan fingerprint density at radius 2 is 1.86 bits per heavy atom. The van der Waals surface area contributed by atoms with E-state index in [9.17, 15) is 17.6 Å². The number of sulfonamides is 1. The van der Waals surface area contributed by atoms with Gasteiger partial charge in [0.15, 0.2) is 0 Å². The van der Waals surface area contributed by atoms with Gasteiger partial charge in [-0.3, -0.25) is 4.79 Å². The van der Waals surface area contributed by atoms with E-state index in [1.165, 1.54) is 41.7 Å². The second kappa shape index (κ2) is 8.64. The van der Waals surface area contributed by atoms with Gasteiger partial charge in [-0.05, 0) is 47.3 Å². The Hall–Kier alpha value is -2.55. The monoisotopic (exact) mass is 418 g/mol. The van der Waals surface area contributed by atoms with E-state index in [0.29, 0.717) is 0 Å². The number of rotatable bonds is 7. The van der Waals surface area contributed by atoms with Crippen LogP contribution in [0.1, 0.15) is 33.8 Å². The SMILES string of the molecule is CCNS(=O)(=O)c1cccc(C(=O)NC(c2ccc(F)cc2)c2cccs2)c1. The van der Waals surface area contributed by atoms with Gasteiger partial charge >= 0.3 is 0 Å². The first-order chi connectivity index (χ1) is 13.4. The number of benzene rings is 2. The van der Waals surface area contributed by atoms with Crippen LogP contribution in [0, 0.1) is 5.82 Å². The summed E-state index contributed by atoms with van der Waals surface area (Å²) in [4.78, 5) is 13.7. The molecule has 0 spiro atoms. The van der Waals surface area contributed by atoms with Gasteiger partial charge in [0.25, 0.3) is 5.91 Å². The molecule has 1 aromatic heterocycles. The lowest BCUT2D eigenvalue weighted by Gasteiger charge is -2.18. The van der Waals surface area contributed by atoms with Crippen molar-refractivity contribution in [3.05, 3.63) is 87.9 Å². The van der Waals surface area contributed by atoms with Crippen molar-refractivity contribution in [1.29, 1.82) is 0 Å². The predicted octanol–water partition coefficient (Wildman–Crippen LogP) is 3.70. The quantitative estimate of drug-likeness (QED) is 0.614. The maximum atomic E-state index is 13.3. The van der Waals surface area contributed by atoms with Gasteiger partial charge < -0.3 is 5.32 Å². The van der Waals surface area contributed by atoms with E-state index in [2.05, 4.69) is 10.0 Å². The van der Waals surface area contributed by atoms with Crippen molar-refractivity contribution in [3.63, 3.8) is 0 Å². The molecule has 0 saturated carbocycles. The molecule has 8 heteroatoms. The molecule has 0 radical (unpaired) electrons. The minimum absolute atomic E-state index is 0.0245.